The number of carbonyl (C=O) groups is 1. The predicted octanol–water partition coefficient (Wildman–Crippen LogP) is 2.51. The number of benzene rings is 1. The minimum absolute atomic E-state index is 0.300. The fourth-order valence-electron chi connectivity index (χ4n) is 1.25. The second-order valence-corrected chi connectivity index (χ2v) is 3.85. The highest BCUT2D eigenvalue weighted by Crippen LogP contribution is 2.18. The number of ether oxygens (including phenoxy) is 2. The van der Waals surface area contributed by atoms with Gasteiger partial charge in [-0.05, 0) is 25.1 Å². The van der Waals surface area contributed by atoms with Gasteiger partial charge in [0.1, 0.15) is 0 Å². The smallest absolute Gasteiger partial charge is 0.340 e. The Kier molecular flexibility index (Phi) is 5.80. The number of esters is 1. The minimum atomic E-state index is -0.457. The van der Waals surface area contributed by atoms with Gasteiger partial charge in [-0.25, -0.2) is 4.79 Å². The van der Waals surface area contributed by atoms with Crippen molar-refractivity contribution in [2.24, 2.45) is 0 Å². The van der Waals surface area contributed by atoms with Crippen molar-refractivity contribution in [3.63, 3.8) is 0 Å². The number of rotatable bonds is 6. The summed E-state index contributed by atoms with van der Waals surface area (Å²) in [6, 6.07) is 4.71. The third-order valence-electron chi connectivity index (χ3n) is 2.11. The number of anilines is 1. The van der Waals surface area contributed by atoms with Crippen LogP contribution in [0, 0.1) is 0 Å². The number of nitrogen functional groups attached to an aromatic ring is 1. The first-order valence-electron chi connectivity index (χ1n) is 5.45. The lowest BCUT2D eigenvalue weighted by atomic mass is 10.2. The number of halogens is 1. The highest BCUT2D eigenvalue weighted by atomic mass is 35.5. The summed E-state index contributed by atoms with van der Waals surface area (Å²) in [6.07, 6.45) is 0.667. The van der Waals surface area contributed by atoms with E-state index < -0.39 is 5.97 Å². The van der Waals surface area contributed by atoms with E-state index in [2.05, 4.69) is 0 Å². The van der Waals surface area contributed by atoms with Crippen LogP contribution in [-0.4, -0.2) is 25.8 Å². The van der Waals surface area contributed by atoms with Crippen molar-refractivity contribution in [1.29, 1.82) is 0 Å². The zero-order chi connectivity index (χ0) is 12.7. The van der Waals surface area contributed by atoms with Crippen molar-refractivity contribution in [3.8, 4) is 0 Å². The van der Waals surface area contributed by atoms with E-state index in [0.717, 1.165) is 0 Å². The predicted molar refractivity (Wildman–Crippen MR) is 67.3 cm³/mol. The molecule has 0 amide bonds. The SMILES string of the molecule is CCOCCCOC(=O)c1cc(Cl)ccc1N. The molecule has 0 radical (unpaired) electrons. The second kappa shape index (κ2) is 7.14. The molecule has 5 heteroatoms. The first kappa shape index (κ1) is 13.8. The molecular weight excluding hydrogens is 242 g/mol. The Morgan fingerprint density at radius 2 is 2.18 bits per heavy atom. The fraction of sp³-hybridized carbons (Fsp3) is 0.417. The monoisotopic (exact) mass is 257 g/mol. The van der Waals surface area contributed by atoms with Gasteiger partial charge >= 0.3 is 5.97 Å². The summed E-state index contributed by atoms with van der Waals surface area (Å²) in [4.78, 5) is 11.6. The normalized spacial score (nSPS) is 10.2. The van der Waals surface area contributed by atoms with Crippen LogP contribution in [0.25, 0.3) is 0 Å². The number of hydrogen-bond acceptors (Lipinski definition) is 4. The van der Waals surface area contributed by atoms with E-state index in [9.17, 15) is 4.79 Å². The molecule has 4 nitrogen and oxygen atoms in total. The van der Waals surface area contributed by atoms with Crippen molar-refractivity contribution >= 4 is 23.3 Å². The molecule has 2 N–H and O–H groups in total. The summed E-state index contributed by atoms with van der Waals surface area (Å²) in [5.74, 6) is -0.457. The van der Waals surface area contributed by atoms with Crippen molar-refractivity contribution < 1.29 is 14.3 Å². The van der Waals surface area contributed by atoms with Gasteiger partial charge in [0.25, 0.3) is 0 Å². The molecule has 0 spiro atoms. The van der Waals surface area contributed by atoms with Crippen molar-refractivity contribution in [2.75, 3.05) is 25.6 Å². The van der Waals surface area contributed by atoms with Crippen LogP contribution in [0.15, 0.2) is 18.2 Å². The third-order valence-corrected chi connectivity index (χ3v) is 2.34. The standard InChI is InChI=1S/C12H16ClNO3/c1-2-16-6-3-7-17-12(15)10-8-9(13)4-5-11(10)14/h4-5,8H,2-3,6-7,14H2,1H3. The van der Waals surface area contributed by atoms with Gasteiger partial charge in [0, 0.05) is 30.3 Å². The highest BCUT2D eigenvalue weighted by Gasteiger charge is 2.11. The second-order valence-electron chi connectivity index (χ2n) is 3.42. The Morgan fingerprint density at radius 1 is 1.41 bits per heavy atom. The molecule has 0 saturated heterocycles. The van der Waals surface area contributed by atoms with Crippen LogP contribution in [0.2, 0.25) is 5.02 Å². The third kappa shape index (κ3) is 4.63. The maximum atomic E-state index is 11.6. The molecular formula is C12H16ClNO3. The molecule has 0 heterocycles. The molecule has 0 saturated carbocycles. The van der Waals surface area contributed by atoms with E-state index in [1.54, 1.807) is 12.1 Å². The molecule has 94 valence electrons. The van der Waals surface area contributed by atoms with Crippen LogP contribution in [0.1, 0.15) is 23.7 Å². The topological polar surface area (TPSA) is 61.5 Å². The Balaban J connectivity index is 2.44. The van der Waals surface area contributed by atoms with Gasteiger partial charge in [-0.3, -0.25) is 0 Å². The zero-order valence-corrected chi connectivity index (χ0v) is 10.5. The van der Waals surface area contributed by atoms with Crippen molar-refractivity contribution in [1.82, 2.24) is 0 Å². The molecule has 0 aromatic heterocycles. The molecule has 0 aliphatic carbocycles. The van der Waals surface area contributed by atoms with Gasteiger partial charge < -0.3 is 15.2 Å². The molecule has 0 bridgehead atoms. The number of nitrogens with two attached hydrogens (primary N) is 1. The lowest BCUT2D eigenvalue weighted by Crippen LogP contribution is -2.10. The molecule has 0 unspecified atom stereocenters. The Labute approximate surface area is 106 Å². The molecule has 17 heavy (non-hydrogen) atoms. The maximum absolute atomic E-state index is 11.6. The van der Waals surface area contributed by atoms with Crippen LogP contribution in [0.5, 0.6) is 0 Å². The molecule has 0 atom stereocenters. The van der Waals surface area contributed by atoms with E-state index in [1.807, 2.05) is 6.92 Å². The first-order chi connectivity index (χ1) is 8.15. The first-order valence-corrected chi connectivity index (χ1v) is 5.83. The van der Waals surface area contributed by atoms with Gasteiger partial charge in [-0.2, -0.15) is 0 Å². The summed E-state index contributed by atoms with van der Waals surface area (Å²) < 4.78 is 10.2. The Bertz CT molecular complexity index is 382. The van der Waals surface area contributed by atoms with Gasteiger partial charge in [0.2, 0.25) is 0 Å². The Morgan fingerprint density at radius 3 is 2.88 bits per heavy atom. The summed E-state index contributed by atoms with van der Waals surface area (Å²) in [5, 5.41) is 0.459. The summed E-state index contributed by atoms with van der Waals surface area (Å²) in [6.45, 7) is 3.47. The highest BCUT2D eigenvalue weighted by molar-refractivity contribution is 6.31. The lowest BCUT2D eigenvalue weighted by Gasteiger charge is -2.07. The molecule has 0 fully saturated rings. The van der Waals surface area contributed by atoms with Crippen LogP contribution in [0.4, 0.5) is 5.69 Å². The van der Waals surface area contributed by atoms with Crippen LogP contribution >= 0.6 is 11.6 Å². The van der Waals surface area contributed by atoms with E-state index in [0.29, 0.717) is 42.5 Å². The van der Waals surface area contributed by atoms with Crippen molar-refractivity contribution in [3.05, 3.63) is 28.8 Å². The van der Waals surface area contributed by atoms with Gasteiger partial charge in [0.15, 0.2) is 0 Å². The number of carbonyl (C=O) groups excluding carboxylic acids is 1. The van der Waals surface area contributed by atoms with Gasteiger partial charge in [-0.15, -0.1) is 0 Å². The van der Waals surface area contributed by atoms with Gasteiger partial charge in [-0.1, -0.05) is 11.6 Å². The minimum Gasteiger partial charge on any atom is -0.462 e. The quantitative estimate of drug-likeness (QED) is 0.483. The average molecular weight is 258 g/mol. The molecule has 1 aromatic carbocycles. The molecule has 0 aliphatic rings. The van der Waals surface area contributed by atoms with Crippen LogP contribution < -0.4 is 5.73 Å². The largest absolute Gasteiger partial charge is 0.462 e. The summed E-state index contributed by atoms with van der Waals surface area (Å²) in [7, 11) is 0. The average Bonchev–Trinajstić information content (AvgIpc) is 2.32. The molecule has 1 aromatic rings. The molecule has 1 rings (SSSR count). The van der Waals surface area contributed by atoms with Crippen molar-refractivity contribution in [2.45, 2.75) is 13.3 Å². The van der Waals surface area contributed by atoms with E-state index in [1.165, 1.54) is 6.07 Å². The van der Waals surface area contributed by atoms with E-state index in [-0.39, 0.29) is 0 Å². The fourth-order valence-corrected chi connectivity index (χ4v) is 1.43. The summed E-state index contributed by atoms with van der Waals surface area (Å²) in [5.41, 5.74) is 6.32. The van der Waals surface area contributed by atoms with Gasteiger partial charge in [0.05, 0.1) is 12.2 Å². The van der Waals surface area contributed by atoms with Crippen LogP contribution in [-0.2, 0) is 9.47 Å². The van der Waals surface area contributed by atoms with E-state index >= 15 is 0 Å². The zero-order valence-electron chi connectivity index (χ0n) is 9.74. The summed E-state index contributed by atoms with van der Waals surface area (Å²) >= 11 is 5.78. The van der Waals surface area contributed by atoms with E-state index in [4.69, 9.17) is 26.8 Å². The lowest BCUT2D eigenvalue weighted by molar-refractivity contribution is 0.0453. The maximum Gasteiger partial charge on any atom is 0.340 e. The Hall–Kier alpha value is -1.26. The van der Waals surface area contributed by atoms with Crippen LogP contribution in [0.3, 0.4) is 0 Å². The molecule has 0 aliphatic heterocycles. The number of hydrogen-bond donors (Lipinski definition) is 1.